The summed E-state index contributed by atoms with van der Waals surface area (Å²) in [5, 5.41) is 4.97. The van der Waals surface area contributed by atoms with Crippen molar-refractivity contribution in [2.45, 2.75) is 25.8 Å². The third-order valence-electron chi connectivity index (χ3n) is 6.19. The van der Waals surface area contributed by atoms with Gasteiger partial charge in [0.1, 0.15) is 6.33 Å². The summed E-state index contributed by atoms with van der Waals surface area (Å²) in [6.45, 7) is 1.85. The number of ether oxygens (including phenoxy) is 1. The highest BCUT2D eigenvalue weighted by Gasteiger charge is 2.21. The maximum atomic E-state index is 13.4. The molecule has 4 rings (SSSR count). The molecule has 0 aliphatic heterocycles. The lowest BCUT2D eigenvalue weighted by Crippen LogP contribution is -2.37. The van der Waals surface area contributed by atoms with E-state index in [4.69, 9.17) is 0 Å². The molecule has 0 bridgehead atoms. The van der Waals surface area contributed by atoms with Crippen LogP contribution in [-0.2, 0) is 20.7 Å². The number of fused-ring (bicyclic) bond motifs is 1. The van der Waals surface area contributed by atoms with Gasteiger partial charge in [0.25, 0.3) is 0 Å². The van der Waals surface area contributed by atoms with Crippen LogP contribution in [0.5, 0.6) is 0 Å². The quantitative estimate of drug-likeness (QED) is 0.343. The molecule has 4 aromatic rings. The Morgan fingerprint density at radius 3 is 2.50 bits per heavy atom. The van der Waals surface area contributed by atoms with Gasteiger partial charge in [0.15, 0.2) is 0 Å². The molecule has 38 heavy (non-hydrogen) atoms. The number of carbonyl (C=O) groups excluding carboxylic acids is 3. The number of anilines is 1. The number of aromatic nitrogens is 2. The van der Waals surface area contributed by atoms with Gasteiger partial charge in [0, 0.05) is 36.7 Å². The van der Waals surface area contributed by atoms with Crippen LogP contribution in [-0.4, -0.2) is 47.7 Å². The summed E-state index contributed by atoms with van der Waals surface area (Å²) in [7, 11) is 3.02. The van der Waals surface area contributed by atoms with Crippen molar-refractivity contribution in [3.05, 3.63) is 102 Å². The van der Waals surface area contributed by atoms with Crippen molar-refractivity contribution in [3.63, 3.8) is 0 Å². The number of imidazole rings is 1. The summed E-state index contributed by atoms with van der Waals surface area (Å²) in [6, 6.07) is 22.8. The zero-order chi connectivity index (χ0) is 27.1. The molecule has 8 heteroatoms. The normalized spacial score (nSPS) is 12.1. The van der Waals surface area contributed by atoms with Gasteiger partial charge in [-0.1, -0.05) is 66.7 Å². The van der Waals surface area contributed by atoms with Gasteiger partial charge >= 0.3 is 6.09 Å². The molecule has 1 atom stereocenters. The summed E-state index contributed by atoms with van der Waals surface area (Å²) in [5.41, 5.74) is 2.58. The summed E-state index contributed by atoms with van der Waals surface area (Å²) in [4.78, 5) is 44.3. The molecule has 0 fully saturated rings. The fourth-order valence-corrected chi connectivity index (χ4v) is 4.22. The predicted octanol–water partition coefficient (Wildman–Crippen LogP) is 4.83. The Morgan fingerprint density at radius 1 is 1.03 bits per heavy atom. The van der Waals surface area contributed by atoms with Crippen LogP contribution in [0.4, 0.5) is 10.5 Å². The lowest BCUT2D eigenvalue weighted by atomic mass is 10.0. The number of methoxy groups -OCH3 is 1. The van der Waals surface area contributed by atoms with E-state index >= 15 is 0 Å². The second-order valence-corrected chi connectivity index (χ2v) is 9.03. The van der Waals surface area contributed by atoms with E-state index in [-0.39, 0.29) is 24.3 Å². The van der Waals surface area contributed by atoms with Crippen LogP contribution in [0.15, 0.2) is 90.9 Å². The van der Waals surface area contributed by atoms with E-state index in [2.05, 4.69) is 15.0 Å². The van der Waals surface area contributed by atoms with Crippen LogP contribution in [0.2, 0.25) is 0 Å². The van der Waals surface area contributed by atoms with Crippen LogP contribution >= 0.6 is 0 Å². The van der Waals surface area contributed by atoms with E-state index in [0.29, 0.717) is 17.7 Å². The lowest BCUT2D eigenvalue weighted by Gasteiger charge is -2.21. The first-order chi connectivity index (χ1) is 18.4. The van der Waals surface area contributed by atoms with Gasteiger partial charge in [-0.15, -0.1) is 0 Å². The van der Waals surface area contributed by atoms with Crippen molar-refractivity contribution in [2.75, 3.05) is 19.1 Å². The molecule has 194 valence electrons. The molecular weight excluding hydrogens is 480 g/mol. The van der Waals surface area contributed by atoms with E-state index in [1.807, 2.05) is 79.7 Å². The molecule has 0 aliphatic rings. The topological polar surface area (TPSA) is 93.5 Å². The number of carbonyl (C=O) groups is 3. The first kappa shape index (κ1) is 26.3. The Hall–Kier alpha value is -4.72. The van der Waals surface area contributed by atoms with Gasteiger partial charge in [-0.25, -0.2) is 14.3 Å². The second-order valence-electron chi connectivity index (χ2n) is 9.03. The average Bonchev–Trinajstić information content (AvgIpc) is 3.40. The van der Waals surface area contributed by atoms with Crippen molar-refractivity contribution >= 4 is 40.4 Å². The fourth-order valence-electron chi connectivity index (χ4n) is 4.22. The molecule has 0 unspecified atom stereocenters. The minimum absolute atomic E-state index is 0.0792. The third-order valence-corrected chi connectivity index (χ3v) is 6.19. The van der Waals surface area contributed by atoms with Crippen LogP contribution in [0.25, 0.3) is 16.8 Å². The Bertz CT molecular complexity index is 1470. The Balaban J connectivity index is 1.52. The smallest absolute Gasteiger partial charge is 0.418 e. The number of hydrogen-bond acceptors (Lipinski definition) is 5. The highest BCUT2D eigenvalue weighted by atomic mass is 16.5. The molecule has 0 spiro atoms. The van der Waals surface area contributed by atoms with Crippen molar-refractivity contribution in [1.29, 1.82) is 0 Å². The van der Waals surface area contributed by atoms with Crippen LogP contribution < -0.4 is 10.2 Å². The van der Waals surface area contributed by atoms with Crippen molar-refractivity contribution in [2.24, 2.45) is 0 Å². The van der Waals surface area contributed by atoms with Crippen molar-refractivity contribution in [3.8, 4) is 0 Å². The first-order valence-corrected chi connectivity index (χ1v) is 12.3. The SMILES string of the molecule is COC(=O)n1cnc(C[C@@H](C)NC(=O)C(=Cc2ccccc2)CC(=O)N(C)c2cccc3ccccc23)c1. The van der Waals surface area contributed by atoms with E-state index in [0.717, 1.165) is 22.0 Å². The summed E-state index contributed by atoms with van der Waals surface area (Å²) in [5.74, 6) is -0.545. The van der Waals surface area contributed by atoms with E-state index in [1.165, 1.54) is 18.0 Å². The Morgan fingerprint density at radius 2 is 1.74 bits per heavy atom. The molecule has 0 saturated heterocycles. The number of nitrogens with one attached hydrogen (secondary N) is 1. The lowest BCUT2D eigenvalue weighted by molar-refractivity contribution is -0.121. The minimum atomic E-state index is -0.539. The average molecular weight is 511 g/mol. The molecule has 2 amide bonds. The maximum absolute atomic E-state index is 13.4. The van der Waals surface area contributed by atoms with Gasteiger partial charge < -0.3 is 15.0 Å². The van der Waals surface area contributed by atoms with E-state index in [9.17, 15) is 14.4 Å². The van der Waals surface area contributed by atoms with Gasteiger partial charge in [-0.3, -0.25) is 9.59 Å². The van der Waals surface area contributed by atoms with Crippen molar-refractivity contribution in [1.82, 2.24) is 14.9 Å². The van der Waals surface area contributed by atoms with Crippen LogP contribution in [0.1, 0.15) is 24.6 Å². The summed E-state index contributed by atoms with van der Waals surface area (Å²) < 4.78 is 5.93. The molecule has 1 aromatic heterocycles. The van der Waals surface area contributed by atoms with Gasteiger partial charge in [0.05, 0.1) is 24.9 Å². The Kier molecular flexibility index (Phi) is 8.33. The van der Waals surface area contributed by atoms with Gasteiger partial charge in [-0.05, 0) is 30.0 Å². The number of nitrogens with zero attached hydrogens (tertiary/aromatic N) is 3. The highest BCUT2D eigenvalue weighted by molar-refractivity contribution is 6.08. The highest BCUT2D eigenvalue weighted by Crippen LogP contribution is 2.27. The molecule has 0 saturated carbocycles. The summed E-state index contributed by atoms with van der Waals surface area (Å²) >= 11 is 0. The second kappa shape index (κ2) is 12.0. The molecule has 8 nitrogen and oxygen atoms in total. The number of rotatable bonds is 8. The van der Waals surface area contributed by atoms with Crippen molar-refractivity contribution < 1.29 is 19.1 Å². The fraction of sp³-hybridized carbons (Fsp3) is 0.200. The zero-order valence-corrected chi connectivity index (χ0v) is 21.6. The molecule has 0 aliphatic carbocycles. The predicted molar refractivity (Wildman–Crippen MR) is 148 cm³/mol. The largest absolute Gasteiger partial charge is 0.452 e. The standard InChI is InChI=1S/C30H30N4O4/c1-21(16-25-19-34(20-31-25)30(37)38-3)32-29(36)24(17-22-10-5-4-6-11-22)18-28(35)33(2)27-15-9-13-23-12-7-8-14-26(23)27/h4-15,17,19-21H,16,18H2,1-3H3,(H,32,36)/t21-/m1/s1. The number of hydrogen-bond donors (Lipinski definition) is 1. The minimum Gasteiger partial charge on any atom is -0.452 e. The van der Waals surface area contributed by atoms with Crippen LogP contribution in [0, 0.1) is 0 Å². The van der Waals surface area contributed by atoms with E-state index in [1.54, 1.807) is 24.2 Å². The number of amides is 2. The third kappa shape index (κ3) is 6.34. The molecule has 1 heterocycles. The Labute approximate surface area is 221 Å². The molecular formula is C30H30N4O4. The molecule has 0 radical (unpaired) electrons. The van der Waals surface area contributed by atoms with Crippen LogP contribution in [0.3, 0.4) is 0 Å². The zero-order valence-electron chi connectivity index (χ0n) is 21.6. The van der Waals surface area contributed by atoms with E-state index < -0.39 is 6.09 Å². The molecule has 1 N–H and O–H groups in total. The molecule has 3 aromatic carbocycles. The maximum Gasteiger partial charge on any atom is 0.418 e. The summed E-state index contributed by atoms with van der Waals surface area (Å²) in [6.07, 6.45) is 4.46. The van der Waals surface area contributed by atoms with Gasteiger partial charge in [-0.2, -0.15) is 0 Å². The monoisotopic (exact) mass is 510 g/mol. The van der Waals surface area contributed by atoms with Gasteiger partial charge in [0.2, 0.25) is 11.8 Å². The first-order valence-electron chi connectivity index (χ1n) is 12.3. The number of benzene rings is 3.